The van der Waals surface area contributed by atoms with E-state index in [4.69, 9.17) is 9.73 Å². The normalized spacial score (nSPS) is 16.6. The average Bonchev–Trinajstić information content (AvgIpc) is 3.35. The average molecular weight is 418 g/mol. The summed E-state index contributed by atoms with van der Waals surface area (Å²) in [6.07, 6.45) is 4.80. The molecule has 6 heteroatoms. The molecule has 1 saturated heterocycles. The van der Waals surface area contributed by atoms with Gasteiger partial charge < -0.3 is 9.30 Å². The standard InChI is InChI=1S/C24H23N3O2S/c1-3-15-27-23(28)22(30-24(27)25-18-8-5-4-6-9-18)17-20-10-7-16-26(20)19-11-13-21(29-2)14-12-19/h4-14,16-17H,3,15H2,1-2H3/b22-17-,25-24?. The third kappa shape index (κ3) is 4.19. The number of carbonyl (C=O) groups excluding carboxylic acids is 1. The molecule has 0 N–H and O–H groups in total. The van der Waals surface area contributed by atoms with Crippen molar-refractivity contribution >= 4 is 34.6 Å². The fourth-order valence-corrected chi connectivity index (χ4v) is 4.26. The van der Waals surface area contributed by atoms with Gasteiger partial charge in [0.1, 0.15) is 5.75 Å². The van der Waals surface area contributed by atoms with E-state index in [2.05, 4.69) is 11.5 Å². The molecule has 4 rings (SSSR count). The third-order valence-corrected chi connectivity index (χ3v) is 5.73. The largest absolute Gasteiger partial charge is 0.497 e. The van der Waals surface area contributed by atoms with Gasteiger partial charge in [-0.25, -0.2) is 4.99 Å². The Labute approximate surface area is 180 Å². The number of rotatable bonds is 6. The minimum atomic E-state index is -0.000915. The van der Waals surface area contributed by atoms with Crippen LogP contribution < -0.4 is 4.74 Å². The Balaban J connectivity index is 1.66. The number of para-hydroxylation sites is 1. The fraction of sp³-hybridized carbons (Fsp3) is 0.167. The zero-order chi connectivity index (χ0) is 20.9. The molecule has 0 aliphatic carbocycles. The van der Waals surface area contributed by atoms with E-state index in [0.717, 1.165) is 34.4 Å². The second-order valence-electron chi connectivity index (χ2n) is 6.80. The topological polar surface area (TPSA) is 46.8 Å². The lowest BCUT2D eigenvalue weighted by atomic mass is 10.2. The minimum Gasteiger partial charge on any atom is -0.497 e. The second-order valence-corrected chi connectivity index (χ2v) is 7.81. The van der Waals surface area contributed by atoms with Crippen LogP contribution in [-0.4, -0.2) is 34.2 Å². The van der Waals surface area contributed by atoms with Gasteiger partial charge in [0.25, 0.3) is 5.91 Å². The lowest BCUT2D eigenvalue weighted by Crippen LogP contribution is -2.29. The summed E-state index contributed by atoms with van der Waals surface area (Å²) < 4.78 is 7.30. The number of benzene rings is 2. The summed E-state index contributed by atoms with van der Waals surface area (Å²) >= 11 is 1.42. The van der Waals surface area contributed by atoms with Gasteiger partial charge in [-0.05, 0) is 72.8 Å². The van der Waals surface area contributed by atoms with Crippen molar-refractivity contribution in [1.29, 1.82) is 0 Å². The summed E-state index contributed by atoms with van der Waals surface area (Å²) in [4.78, 5) is 20.2. The summed E-state index contributed by atoms with van der Waals surface area (Å²) in [6, 6.07) is 21.6. The molecule has 3 aromatic rings. The number of hydrogen-bond acceptors (Lipinski definition) is 4. The van der Waals surface area contributed by atoms with Crippen LogP contribution in [0.4, 0.5) is 5.69 Å². The zero-order valence-corrected chi connectivity index (χ0v) is 17.8. The molecule has 0 bridgehead atoms. The molecule has 152 valence electrons. The summed E-state index contributed by atoms with van der Waals surface area (Å²) in [5, 5.41) is 0.724. The quantitative estimate of drug-likeness (QED) is 0.498. The monoisotopic (exact) mass is 417 g/mol. The molecule has 0 atom stereocenters. The van der Waals surface area contributed by atoms with Crippen molar-refractivity contribution in [2.75, 3.05) is 13.7 Å². The Morgan fingerprint density at radius 1 is 1.03 bits per heavy atom. The molecule has 1 aliphatic heterocycles. The van der Waals surface area contributed by atoms with Gasteiger partial charge in [0, 0.05) is 24.1 Å². The number of hydrogen-bond donors (Lipinski definition) is 0. The van der Waals surface area contributed by atoms with Gasteiger partial charge in [-0.1, -0.05) is 25.1 Å². The van der Waals surface area contributed by atoms with E-state index >= 15 is 0 Å². The SMILES string of the molecule is CCCN1C(=O)/C(=C/c2cccn2-c2ccc(OC)cc2)SC1=Nc1ccccc1. The van der Waals surface area contributed by atoms with E-state index < -0.39 is 0 Å². The highest BCUT2D eigenvalue weighted by atomic mass is 32.2. The van der Waals surface area contributed by atoms with Crippen LogP contribution in [0.3, 0.4) is 0 Å². The van der Waals surface area contributed by atoms with Crippen LogP contribution in [0.15, 0.2) is 82.8 Å². The molecule has 2 heterocycles. The summed E-state index contributed by atoms with van der Waals surface area (Å²) in [5.41, 5.74) is 2.79. The predicted octanol–water partition coefficient (Wildman–Crippen LogP) is 5.50. The summed E-state index contributed by atoms with van der Waals surface area (Å²) in [5.74, 6) is 0.809. The Kier molecular flexibility index (Phi) is 6.05. The van der Waals surface area contributed by atoms with Gasteiger partial charge in [0.2, 0.25) is 0 Å². The first-order chi connectivity index (χ1) is 14.7. The van der Waals surface area contributed by atoms with Gasteiger partial charge in [-0.15, -0.1) is 0 Å². The lowest BCUT2D eigenvalue weighted by molar-refractivity contribution is -0.122. The van der Waals surface area contributed by atoms with Crippen LogP contribution >= 0.6 is 11.8 Å². The first kappa shape index (κ1) is 20.0. The van der Waals surface area contributed by atoms with E-state index in [1.165, 1.54) is 11.8 Å². The van der Waals surface area contributed by atoms with E-state index in [1.54, 1.807) is 12.0 Å². The van der Waals surface area contributed by atoms with Gasteiger partial charge in [-0.3, -0.25) is 9.69 Å². The second kappa shape index (κ2) is 9.05. The fourth-order valence-electron chi connectivity index (χ4n) is 3.25. The predicted molar refractivity (Wildman–Crippen MR) is 123 cm³/mol. The van der Waals surface area contributed by atoms with Crippen molar-refractivity contribution in [3.05, 3.63) is 83.5 Å². The molecular weight excluding hydrogens is 394 g/mol. The number of ether oxygens (including phenoxy) is 1. The number of methoxy groups -OCH3 is 1. The lowest BCUT2D eigenvalue weighted by Gasteiger charge is -2.13. The Hall–Kier alpha value is -3.25. The molecule has 0 unspecified atom stereocenters. The Morgan fingerprint density at radius 3 is 2.50 bits per heavy atom. The number of carbonyl (C=O) groups is 1. The molecule has 0 spiro atoms. The van der Waals surface area contributed by atoms with Crippen molar-refractivity contribution in [1.82, 2.24) is 9.47 Å². The summed E-state index contributed by atoms with van der Waals surface area (Å²) in [6.45, 7) is 2.71. The molecule has 0 radical (unpaired) electrons. The molecule has 5 nitrogen and oxygen atoms in total. The van der Waals surface area contributed by atoms with Crippen molar-refractivity contribution in [3.8, 4) is 11.4 Å². The number of aliphatic imine (C=N–C) groups is 1. The van der Waals surface area contributed by atoms with Crippen LogP contribution in [0.1, 0.15) is 19.0 Å². The molecular formula is C24H23N3O2S. The molecule has 1 aliphatic rings. The number of thioether (sulfide) groups is 1. The first-order valence-corrected chi connectivity index (χ1v) is 10.7. The van der Waals surface area contributed by atoms with Gasteiger partial charge in [0.05, 0.1) is 17.7 Å². The molecule has 1 fully saturated rings. The minimum absolute atomic E-state index is 0.000915. The number of amides is 1. The maximum absolute atomic E-state index is 13.1. The summed E-state index contributed by atoms with van der Waals surface area (Å²) in [7, 11) is 1.65. The van der Waals surface area contributed by atoms with Crippen LogP contribution in [0.5, 0.6) is 5.75 Å². The first-order valence-electron chi connectivity index (χ1n) is 9.86. The van der Waals surface area contributed by atoms with Crippen LogP contribution in [0.2, 0.25) is 0 Å². The van der Waals surface area contributed by atoms with Crippen LogP contribution in [-0.2, 0) is 4.79 Å². The van der Waals surface area contributed by atoms with Gasteiger partial charge in [0.15, 0.2) is 5.17 Å². The van der Waals surface area contributed by atoms with Crippen molar-refractivity contribution in [2.45, 2.75) is 13.3 Å². The molecule has 30 heavy (non-hydrogen) atoms. The van der Waals surface area contributed by atoms with E-state index in [1.807, 2.05) is 79.0 Å². The molecule has 1 aromatic heterocycles. The Bertz CT molecular complexity index is 1090. The van der Waals surface area contributed by atoms with E-state index in [9.17, 15) is 4.79 Å². The smallest absolute Gasteiger partial charge is 0.266 e. The van der Waals surface area contributed by atoms with Crippen molar-refractivity contribution < 1.29 is 9.53 Å². The zero-order valence-electron chi connectivity index (χ0n) is 17.0. The van der Waals surface area contributed by atoms with Crippen molar-refractivity contribution in [2.24, 2.45) is 4.99 Å². The van der Waals surface area contributed by atoms with E-state index in [0.29, 0.717) is 11.4 Å². The number of nitrogens with zero attached hydrogens (tertiary/aromatic N) is 3. The highest BCUT2D eigenvalue weighted by molar-refractivity contribution is 8.18. The van der Waals surface area contributed by atoms with Crippen LogP contribution in [0.25, 0.3) is 11.8 Å². The highest BCUT2D eigenvalue weighted by Crippen LogP contribution is 2.34. The molecule has 0 saturated carbocycles. The highest BCUT2D eigenvalue weighted by Gasteiger charge is 2.33. The molecule has 2 aromatic carbocycles. The van der Waals surface area contributed by atoms with E-state index in [-0.39, 0.29) is 5.91 Å². The Morgan fingerprint density at radius 2 is 1.80 bits per heavy atom. The van der Waals surface area contributed by atoms with Crippen LogP contribution in [0, 0.1) is 0 Å². The molecule has 1 amide bonds. The number of aromatic nitrogens is 1. The van der Waals surface area contributed by atoms with Crippen molar-refractivity contribution in [3.63, 3.8) is 0 Å². The maximum Gasteiger partial charge on any atom is 0.266 e. The number of amidine groups is 1. The van der Waals surface area contributed by atoms with Gasteiger partial charge >= 0.3 is 0 Å². The third-order valence-electron chi connectivity index (χ3n) is 4.73. The maximum atomic E-state index is 13.1. The van der Waals surface area contributed by atoms with Gasteiger partial charge in [-0.2, -0.15) is 0 Å².